The fourth-order valence-corrected chi connectivity index (χ4v) is 4.01. The summed E-state index contributed by atoms with van der Waals surface area (Å²) in [7, 11) is 1.55. The number of ether oxygens (including phenoxy) is 1. The van der Waals surface area contributed by atoms with Crippen LogP contribution in [0.25, 0.3) is 16.9 Å². The van der Waals surface area contributed by atoms with Gasteiger partial charge in [0, 0.05) is 62.4 Å². The molecule has 3 aromatic rings. The third kappa shape index (κ3) is 4.03. The van der Waals surface area contributed by atoms with Crippen LogP contribution in [-0.2, 0) is 6.61 Å². The summed E-state index contributed by atoms with van der Waals surface area (Å²) in [6.45, 7) is 3.53. The minimum absolute atomic E-state index is 0.134. The first-order chi connectivity index (χ1) is 14.1. The minimum Gasteiger partial charge on any atom is -0.495 e. The Morgan fingerprint density at radius 1 is 1.21 bits per heavy atom. The second-order valence-corrected chi connectivity index (χ2v) is 7.50. The second-order valence-electron chi connectivity index (χ2n) is 7.10. The van der Waals surface area contributed by atoms with E-state index in [-0.39, 0.29) is 13.3 Å². The lowest BCUT2D eigenvalue weighted by Crippen LogP contribution is -2.47. The molecule has 29 heavy (non-hydrogen) atoms. The van der Waals surface area contributed by atoms with E-state index in [0.29, 0.717) is 22.9 Å². The molecule has 0 amide bonds. The molecular formula is C21H24ClFN4O2. The number of fused-ring (bicyclic) bond motifs is 1. The molecule has 1 aliphatic heterocycles. The van der Waals surface area contributed by atoms with E-state index in [4.69, 9.17) is 21.3 Å². The Balaban J connectivity index is 1.62. The minimum atomic E-state index is -0.298. The summed E-state index contributed by atoms with van der Waals surface area (Å²) < 4.78 is 19.7. The molecule has 1 N–H and O–H groups in total. The van der Waals surface area contributed by atoms with Crippen LogP contribution in [0.3, 0.4) is 0 Å². The van der Waals surface area contributed by atoms with E-state index in [9.17, 15) is 9.50 Å². The number of aliphatic hydroxyl groups is 1. The first kappa shape index (κ1) is 19.9. The van der Waals surface area contributed by atoms with E-state index >= 15 is 0 Å². The molecule has 1 fully saturated rings. The zero-order chi connectivity index (χ0) is 20.4. The number of anilines is 1. The smallest absolute Gasteiger partial charge is 0.139 e. The van der Waals surface area contributed by atoms with Gasteiger partial charge in [-0.25, -0.2) is 9.37 Å². The molecular weight excluding hydrogens is 395 g/mol. The maximum absolute atomic E-state index is 12.5. The number of nitrogens with zero attached hydrogens (tertiary/aromatic N) is 4. The van der Waals surface area contributed by atoms with Crippen molar-refractivity contribution >= 4 is 22.9 Å². The average Bonchev–Trinajstić information content (AvgIpc) is 3.17. The molecule has 154 valence electrons. The van der Waals surface area contributed by atoms with Crippen LogP contribution in [0.15, 0.2) is 36.7 Å². The van der Waals surface area contributed by atoms with Gasteiger partial charge in [-0.05, 0) is 23.8 Å². The summed E-state index contributed by atoms with van der Waals surface area (Å²) in [5, 5.41) is 10.2. The van der Waals surface area contributed by atoms with Crippen LogP contribution >= 0.6 is 11.6 Å². The number of hydrogen-bond donors (Lipinski definition) is 1. The fourth-order valence-electron chi connectivity index (χ4n) is 3.77. The molecule has 1 aliphatic rings. The number of halogens is 2. The molecule has 0 aliphatic carbocycles. The Morgan fingerprint density at radius 3 is 2.69 bits per heavy atom. The van der Waals surface area contributed by atoms with Gasteiger partial charge in [0.15, 0.2) is 0 Å². The number of piperazine rings is 1. The van der Waals surface area contributed by atoms with Gasteiger partial charge in [-0.15, -0.1) is 0 Å². The lowest BCUT2D eigenvalue weighted by Gasteiger charge is -2.35. The zero-order valence-corrected chi connectivity index (χ0v) is 17.1. The van der Waals surface area contributed by atoms with Gasteiger partial charge in [0.05, 0.1) is 24.4 Å². The molecule has 4 rings (SSSR count). The van der Waals surface area contributed by atoms with Gasteiger partial charge in [0.1, 0.15) is 18.1 Å². The van der Waals surface area contributed by atoms with Crippen molar-refractivity contribution in [2.75, 3.05) is 51.4 Å². The molecule has 0 saturated carbocycles. The van der Waals surface area contributed by atoms with Crippen molar-refractivity contribution < 1.29 is 14.2 Å². The zero-order valence-electron chi connectivity index (χ0n) is 16.3. The normalized spacial score (nSPS) is 15.2. The third-order valence-corrected chi connectivity index (χ3v) is 5.70. The quantitative estimate of drug-likeness (QED) is 0.666. The molecule has 1 saturated heterocycles. The van der Waals surface area contributed by atoms with Crippen LogP contribution in [0.2, 0.25) is 5.02 Å². The maximum atomic E-state index is 12.5. The number of imidazole rings is 1. The summed E-state index contributed by atoms with van der Waals surface area (Å²) in [5.41, 5.74) is 4.15. The van der Waals surface area contributed by atoms with Crippen molar-refractivity contribution in [3.05, 3.63) is 47.2 Å². The highest BCUT2D eigenvalue weighted by Crippen LogP contribution is 2.34. The van der Waals surface area contributed by atoms with Gasteiger partial charge in [-0.1, -0.05) is 11.6 Å². The van der Waals surface area contributed by atoms with E-state index in [1.54, 1.807) is 19.2 Å². The Kier molecular flexibility index (Phi) is 5.89. The van der Waals surface area contributed by atoms with Gasteiger partial charge in [0.2, 0.25) is 0 Å². The van der Waals surface area contributed by atoms with Crippen molar-refractivity contribution in [1.82, 2.24) is 14.3 Å². The summed E-state index contributed by atoms with van der Waals surface area (Å²) in [4.78, 5) is 9.20. The Morgan fingerprint density at radius 2 is 2.00 bits per heavy atom. The molecule has 0 atom stereocenters. The topological polar surface area (TPSA) is 53.2 Å². The van der Waals surface area contributed by atoms with Crippen molar-refractivity contribution in [2.45, 2.75) is 6.61 Å². The van der Waals surface area contributed by atoms with E-state index < -0.39 is 0 Å². The standard InChI is InChI=1S/C21H24ClFN4O2/c1-29-20-10-15(14-28)17(12-18(20)22)19-13-27-4-2-16(11-21(27)24-19)26-8-6-25(5-3-23)7-9-26/h2,4,10-13,28H,3,5-9,14H2,1H3. The lowest BCUT2D eigenvalue weighted by molar-refractivity contribution is 0.235. The van der Waals surface area contributed by atoms with Crippen LogP contribution in [0.4, 0.5) is 10.1 Å². The Labute approximate surface area is 174 Å². The van der Waals surface area contributed by atoms with Gasteiger partial charge in [0.25, 0.3) is 0 Å². The second kappa shape index (κ2) is 8.57. The Bertz CT molecular complexity index is 1000. The van der Waals surface area contributed by atoms with E-state index in [2.05, 4.69) is 21.9 Å². The first-order valence-electron chi connectivity index (χ1n) is 9.62. The SMILES string of the molecule is COc1cc(CO)c(-c2cn3ccc(N4CCN(CCF)CC4)cc3n2)cc1Cl. The number of rotatable bonds is 6. The molecule has 1 aromatic carbocycles. The van der Waals surface area contributed by atoms with Crippen molar-refractivity contribution in [3.8, 4) is 17.0 Å². The molecule has 3 heterocycles. The van der Waals surface area contributed by atoms with Gasteiger partial charge < -0.3 is 19.1 Å². The molecule has 0 bridgehead atoms. The van der Waals surface area contributed by atoms with Crippen molar-refractivity contribution in [2.24, 2.45) is 0 Å². The number of hydrogen-bond acceptors (Lipinski definition) is 5. The number of alkyl halides is 1. The highest BCUT2D eigenvalue weighted by molar-refractivity contribution is 6.32. The predicted octanol–water partition coefficient (Wildman–Crippen LogP) is 3.25. The molecule has 0 unspecified atom stereocenters. The summed E-state index contributed by atoms with van der Waals surface area (Å²) in [6, 6.07) is 7.64. The third-order valence-electron chi connectivity index (χ3n) is 5.41. The van der Waals surface area contributed by atoms with Gasteiger partial charge in [-0.3, -0.25) is 4.90 Å². The van der Waals surface area contributed by atoms with Crippen LogP contribution < -0.4 is 9.64 Å². The molecule has 8 heteroatoms. The van der Waals surface area contributed by atoms with E-state index in [1.165, 1.54) is 0 Å². The Hall–Kier alpha value is -2.35. The van der Waals surface area contributed by atoms with Crippen LogP contribution in [0, 0.1) is 0 Å². The van der Waals surface area contributed by atoms with Crippen molar-refractivity contribution in [1.29, 1.82) is 0 Å². The molecule has 0 spiro atoms. The largest absolute Gasteiger partial charge is 0.495 e. The monoisotopic (exact) mass is 418 g/mol. The maximum Gasteiger partial charge on any atom is 0.139 e. The summed E-state index contributed by atoms with van der Waals surface area (Å²) in [5.74, 6) is 0.525. The summed E-state index contributed by atoms with van der Waals surface area (Å²) in [6.07, 6.45) is 3.91. The van der Waals surface area contributed by atoms with Crippen molar-refractivity contribution in [3.63, 3.8) is 0 Å². The lowest BCUT2D eigenvalue weighted by atomic mass is 10.1. The van der Waals surface area contributed by atoms with E-state index in [1.807, 2.05) is 16.8 Å². The van der Waals surface area contributed by atoms with Gasteiger partial charge >= 0.3 is 0 Å². The van der Waals surface area contributed by atoms with Crippen LogP contribution in [0.5, 0.6) is 5.75 Å². The molecule has 0 radical (unpaired) electrons. The van der Waals surface area contributed by atoms with Gasteiger partial charge in [-0.2, -0.15) is 0 Å². The number of aromatic nitrogens is 2. The van der Waals surface area contributed by atoms with E-state index in [0.717, 1.165) is 48.8 Å². The predicted molar refractivity (Wildman–Crippen MR) is 113 cm³/mol. The number of pyridine rings is 1. The highest BCUT2D eigenvalue weighted by Gasteiger charge is 2.18. The number of benzene rings is 1. The number of aliphatic hydroxyl groups excluding tert-OH is 1. The van der Waals surface area contributed by atoms with Crippen LogP contribution in [-0.4, -0.2) is 65.9 Å². The highest BCUT2D eigenvalue weighted by atomic mass is 35.5. The fraction of sp³-hybridized carbons (Fsp3) is 0.381. The molecule has 6 nitrogen and oxygen atoms in total. The average molecular weight is 419 g/mol. The van der Waals surface area contributed by atoms with Crippen LogP contribution in [0.1, 0.15) is 5.56 Å². The molecule has 2 aromatic heterocycles. The number of methoxy groups -OCH3 is 1. The summed E-state index contributed by atoms with van der Waals surface area (Å²) >= 11 is 6.29. The first-order valence-corrected chi connectivity index (χ1v) is 10.0.